The predicted molar refractivity (Wildman–Crippen MR) is 146 cm³/mol. The van der Waals surface area contributed by atoms with Crippen molar-refractivity contribution in [1.29, 1.82) is 0 Å². The number of nitrogens with zero attached hydrogens (tertiary/aromatic N) is 1. The van der Waals surface area contributed by atoms with Gasteiger partial charge in [0.05, 0.1) is 11.1 Å². The van der Waals surface area contributed by atoms with Crippen molar-refractivity contribution in [2.75, 3.05) is 6.54 Å². The molecule has 0 spiro atoms. The lowest BCUT2D eigenvalue weighted by Crippen LogP contribution is -2.46. The first kappa shape index (κ1) is 37.0. The van der Waals surface area contributed by atoms with Gasteiger partial charge in [0, 0.05) is 32.1 Å². The fourth-order valence-electron chi connectivity index (χ4n) is 3.38. The molecule has 0 aliphatic heterocycles. The first-order chi connectivity index (χ1) is 20.3. The molecular formula is C26H31F6N7O5. The van der Waals surface area contributed by atoms with Gasteiger partial charge in [-0.25, -0.2) is 4.79 Å². The van der Waals surface area contributed by atoms with E-state index in [2.05, 4.69) is 20.9 Å². The van der Waals surface area contributed by atoms with Crippen LogP contribution in [-0.4, -0.2) is 47.5 Å². The van der Waals surface area contributed by atoms with Crippen LogP contribution in [0.15, 0.2) is 47.5 Å². The van der Waals surface area contributed by atoms with Crippen molar-refractivity contribution in [1.82, 2.24) is 16.0 Å². The SMILES string of the molecule is CC(=O)O.NC(=O)NCc1ccc(CNC(=O)[C@@H](CCCN=C(N)N)NC(=O)c2cc(C(F)(F)F)cc(C(F)(F)F)c2)cc1. The summed E-state index contributed by atoms with van der Waals surface area (Å²) >= 11 is 0. The molecule has 2 aromatic carbocycles. The van der Waals surface area contributed by atoms with E-state index >= 15 is 0 Å². The zero-order chi connectivity index (χ0) is 33.7. The number of aliphatic imine (C=N–C) groups is 1. The minimum absolute atomic E-state index is 0.0234. The van der Waals surface area contributed by atoms with E-state index in [1.54, 1.807) is 24.3 Å². The topological polar surface area (TPSA) is 215 Å². The molecule has 0 bridgehead atoms. The van der Waals surface area contributed by atoms with E-state index < -0.39 is 58.9 Å². The molecule has 0 radical (unpaired) electrons. The average molecular weight is 636 g/mol. The van der Waals surface area contributed by atoms with Crippen LogP contribution in [0.2, 0.25) is 0 Å². The van der Waals surface area contributed by atoms with Crippen LogP contribution < -0.4 is 33.2 Å². The molecule has 1 atom stereocenters. The van der Waals surface area contributed by atoms with Gasteiger partial charge in [-0.05, 0) is 42.2 Å². The number of aliphatic carboxylic acids is 1. The summed E-state index contributed by atoms with van der Waals surface area (Å²) in [6, 6.07) is 5.01. The Balaban J connectivity index is 0.00000227. The summed E-state index contributed by atoms with van der Waals surface area (Å²) in [5.41, 5.74) is 12.6. The zero-order valence-electron chi connectivity index (χ0n) is 23.2. The summed E-state index contributed by atoms with van der Waals surface area (Å²) < 4.78 is 79.2. The van der Waals surface area contributed by atoms with Gasteiger partial charge < -0.3 is 38.3 Å². The second-order valence-corrected chi connectivity index (χ2v) is 9.04. The third-order valence-electron chi connectivity index (χ3n) is 5.37. The lowest BCUT2D eigenvalue weighted by molar-refractivity contribution is -0.143. The van der Waals surface area contributed by atoms with Crippen LogP contribution in [0.4, 0.5) is 31.1 Å². The second-order valence-electron chi connectivity index (χ2n) is 9.04. The minimum atomic E-state index is -5.15. The monoisotopic (exact) mass is 635 g/mol. The number of carboxylic acid groups (broad SMARTS) is 1. The number of hydrogen-bond acceptors (Lipinski definition) is 5. The smallest absolute Gasteiger partial charge is 0.416 e. The highest BCUT2D eigenvalue weighted by molar-refractivity contribution is 5.98. The van der Waals surface area contributed by atoms with Crippen molar-refractivity contribution in [2.24, 2.45) is 22.2 Å². The number of nitrogens with one attached hydrogen (secondary N) is 3. The second kappa shape index (κ2) is 16.6. The third-order valence-corrected chi connectivity index (χ3v) is 5.37. The molecule has 0 heterocycles. The van der Waals surface area contributed by atoms with E-state index in [9.17, 15) is 40.7 Å². The molecule has 242 valence electrons. The third kappa shape index (κ3) is 14.2. The molecule has 0 fully saturated rings. The highest BCUT2D eigenvalue weighted by atomic mass is 19.4. The lowest BCUT2D eigenvalue weighted by Gasteiger charge is -2.20. The number of nitrogens with two attached hydrogens (primary N) is 3. The van der Waals surface area contributed by atoms with E-state index in [-0.39, 0.29) is 56.6 Å². The molecule has 18 heteroatoms. The fraction of sp³-hybridized carbons (Fsp3) is 0.346. The number of benzene rings is 2. The Bertz CT molecular complexity index is 1290. The number of halogens is 6. The maximum atomic E-state index is 13.2. The number of hydrogen-bond donors (Lipinski definition) is 7. The first-order valence-corrected chi connectivity index (χ1v) is 12.5. The Kier molecular flexibility index (Phi) is 13.9. The lowest BCUT2D eigenvalue weighted by atomic mass is 10.0. The number of carbonyl (C=O) groups is 4. The van der Waals surface area contributed by atoms with Gasteiger partial charge in [0.2, 0.25) is 5.91 Å². The number of primary amides is 1. The van der Waals surface area contributed by atoms with Crippen LogP contribution in [-0.2, 0) is 35.0 Å². The molecule has 4 amide bonds. The summed E-state index contributed by atoms with van der Waals surface area (Å²) in [4.78, 5) is 49.2. The largest absolute Gasteiger partial charge is 0.481 e. The first-order valence-electron chi connectivity index (χ1n) is 12.5. The van der Waals surface area contributed by atoms with Gasteiger partial charge in [0.1, 0.15) is 6.04 Å². The summed E-state index contributed by atoms with van der Waals surface area (Å²) in [6.07, 6.45) is -10.2. The van der Waals surface area contributed by atoms with E-state index in [1.807, 2.05) is 0 Å². The van der Waals surface area contributed by atoms with Gasteiger partial charge in [-0.3, -0.25) is 19.4 Å². The van der Waals surface area contributed by atoms with Crippen molar-refractivity contribution in [3.63, 3.8) is 0 Å². The van der Waals surface area contributed by atoms with Crippen LogP contribution in [0.25, 0.3) is 0 Å². The number of urea groups is 1. The van der Waals surface area contributed by atoms with Gasteiger partial charge in [-0.15, -0.1) is 0 Å². The normalized spacial score (nSPS) is 11.7. The van der Waals surface area contributed by atoms with Crippen LogP contribution in [0, 0.1) is 0 Å². The summed E-state index contributed by atoms with van der Waals surface area (Å²) in [6.45, 7) is 1.28. The molecule has 0 aliphatic carbocycles. The molecule has 0 saturated carbocycles. The Morgan fingerprint density at radius 3 is 1.70 bits per heavy atom. The highest BCUT2D eigenvalue weighted by Crippen LogP contribution is 2.36. The van der Waals surface area contributed by atoms with Crippen molar-refractivity contribution < 1.29 is 50.6 Å². The van der Waals surface area contributed by atoms with E-state index in [4.69, 9.17) is 27.1 Å². The molecule has 0 aliphatic rings. The number of rotatable bonds is 11. The van der Waals surface area contributed by atoms with Crippen molar-refractivity contribution in [3.8, 4) is 0 Å². The Hall–Kier alpha value is -5.03. The van der Waals surface area contributed by atoms with E-state index in [0.717, 1.165) is 12.5 Å². The van der Waals surface area contributed by atoms with E-state index in [0.29, 0.717) is 5.56 Å². The van der Waals surface area contributed by atoms with Crippen LogP contribution in [0.5, 0.6) is 0 Å². The summed E-state index contributed by atoms with van der Waals surface area (Å²) in [5.74, 6) is -3.13. The zero-order valence-corrected chi connectivity index (χ0v) is 23.2. The van der Waals surface area contributed by atoms with Gasteiger partial charge in [-0.1, -0.05) is 24.3 Å². The Morgan fingerprint density at radius 1 is 0.841 bits per heavy atom. The number of amides is 4. The molecule has 44 heavy (non-hydrogen) atoms. The predicted octanol–water partition coefficient (Wildman–Crippen LogP) is 2.45. The Labute approximate surface area is 247 Å². The van der Waals surface area contributed by atoms with Crippen LogP contribution >= 0.6 is 0 Å². The molecular weight excluding hydrogens is 604 g/mol. The van der Waals surface area contributed by atoms with Gasteiger partial charge in [-0.2, -0.15) is 26.3 Å². The molecule has 2 aromatic rings. The molecule has 2 rings (SSSR count). The summed E-state index contributed by atoms with van der Waals surface area (Å²) in [5, 5.41) is 14.6. The standard InChI is InChI=1S/C24H27F6N7O3.C2H4O2/c25-23(26,27)16-8-15(9-17(10-16)24(28,29)30)19(38)37-18(2-1-7-34-21(31)32)20(39)35-11-13-3-5-14(6-4-13)12-36-22(33)40;1-2(3)4/h3-6,8-10,18H,1-2,7,11-12H2,(H,35,39)(H,37,38)(H4,31,32,34)(H3,33,36,40);1H3,(H,3,4)/t18-;/m1./s1. The van der Waals surface area contributed by atoms with Gasteiger partial charge in [0.25, 0.3) is 11.9 Å². The van der Waals surface area contributed by atoms with Gasteiger partial charge in [0.15, 0.2) is 5.96 Å². The number of carboxylic acids is 1. The number of guanidine groups is 1. The minimum Gasteiger partial charge on any atom is -0.481 e. The fourth-order valence-corrected chi connectivity index (χ4v) is 3.38. The molecule has 0 unspecified atom stereocenters. The Morgan fingerprint density at radius 2 is 1.30 bits per heavy atom. The molecule has 12 nitrogen and oxygen atoms in total. The van der Waals surface area contributed by atoms with Crippen LogP contribution in [0.3, 0.4) is 0 Å². The molecule has 10 N–H and O–H groups in total. The maximum absolute atomic E-state index is 13.2. The van der Waals surface area contributed by atoms with Crippen molar-refractivity contribution in [3.05, 3.63) is 70.3 Å². The molecule has 0 saturated heterocycles. The van der Waals surface area contributed by atoms with Crippen molar-refractivity contribution >= 4 is 29.8 Å². The summed E-state index contributed by atoms with van der Waals surface area (Å²) in [7, 11) is 0. The number of carbonyl (C=O) groups excluding carboxylic acids is 3. The van der Waals surface area contributed by atoms with Crippen LogP contribution in [0.1, 0.15) is 52.4 Å². The maximum Gasteiger partial charge on any atom is 0.416 e. The van der Waals surface area contributed by atoms with Gasteiger partial charge >= 0.3 is 18.4 Å². The highest BCUT2D eigenvalue weighted by Gasteiger charge is 2.37. The number of alkyl halides is 6. The van der Waals surface area contributed by atoms with E-state index in [1.165, 1.54) is 0 Å². The van der Waals surface area contributed by atoms with Crippen molar-refractivity contribution in [2.45, 2.75) is 51.2 Å². The molecule has 0 aromatic heterocycles. The quantitative estimate of drug-likeness (QED) is 0.0847. The average Bonchev–Trinajstić information content (AvgIpc) is 2.91.